The molecule has 1 heterocycles. The fourth-order valence-electron chi connectivity index (χ4n) is 4.54. The highest BCUT2D eigenvalue weighted by Gasteiger charge is 2.20. The fourth-order valence-corrected chi connectivity index (χ4v) is 4.54. The van der Waals surface area contributed by atoms with E-state index < -0.39 is 0 Å². The Morgan fingerprint density at radius 2 is 0.658 bits per heavy atom. The molecule has 6 nitrogen and oxygen atoms in total. The topological polar surface area (TPSA) is 73.9 Å². The van der Waals surface area contributed by atoms with Crippen LogP contribution in [0.15, 0.2) is 97.1 Å². The molecular weight excluding hydrogens is 468 g/mol. The first-order chi connectivity index (χ1) is 18.6. The van der Waals surface area contributed by atoms with Gasteiger partial charge in [0.05, 0.1) is 22.8 Å². The van der Waals surface area contributed by atoms with Gasteiger partial charge in [-0.25, -0.2) is 9.97 Å². The van der Waals surface area contributed by atoms with Crippen LogP contribution in [0.2, 0.25) is 0 Å². The Balaban J connectivity index is 1.87. The second-order valence-corrected chi connectivity index (χ2v) is 8.95. The van der Waals surface area contributed by atoms with Crippen LogP contribution in [0.5, 0.6) is 0 Å². The number of anilines is 4. The fraction of sp³-hybridized carbons (Fsp3) is 0.125. The lowest BCUT2D eigenvalue weighted by Gasteiger charge is -2.18. The average Bonchev–Trinajstić information content (AvgIpc) is 3.00. The number of rotatable bonds is 8. The third-order valence-electron chi connectivity index (χ3n) is 6.56. The van der Waals surface area contributed by atoms with E-state index in [0.29, 0.717) is 0 Å². The minimum atomic E-state index is 0.825. The second-order valence-electron chi connectivity index (χ2n) is 8.95. The van der Waals surface area contributed by atoms with Crippen molar-refractivity contribution >= 4 is 22.7 Å². The van der Waals surface area contributed by atoms with Gasteiger partial charge in [-0.05, 0) is 36.4 Å². The summed E-state index contributed by atoms with van der Waals surface area (Å²) in [6.07, 6.45) is 0. The third-order valence-corrected chi connectivity index (χ3v) is 6.56. The summed E-state index contributed by atoms with van der Waals surface area (Å²) in [5.74, 6) is 0. The highest BCUT2D eigenvalue weighted by Crippen LogP contribution is 2.39. The van der Waals surface area contributed by atoms with Gasteiger partial charge in [0.1, 0.15) is 0 Å². The molecule has 0 bridgehead atoms. The Labute approximate surface area is 224 Å². The van der Waals surface area contributed by atoms with Crippen LogP contribution in [0.25, 0.3) is 45.0 Å². The lowest BCUT2D eigenvalue weighted by Crippen LogP contribution is -2.03. The summed E-state index contributed by atoms with van der Waals surface area (Å²) < 4.78 is 0. The van der Waals surface area contributed by atoms with Crippen molar-refractivity contribution in [2.24, 2.45) is 0 Å². The lowest BCUT2D eigenvalue weighted by atomic mass is 9.98. The molecular formula is C32H32N6. The molecule has 0 saturated heterocycles. The minimum Gasteiger partial charge on any atom is -0.388 e. The molecule has 38 heavy (non-hydrogen) atoms. The number of benzene rings is 4. The van der Waals surface area contributed by atoms with Crippen molar-refractivity contribution in [2.45, 2.75) is 0 Å². The maximum Gasteiger partial charge on any atom is 0.0974 e. The van der Waals surface area contributed by atoms with Gasteiger partial charge < -0.3 is 21.3 Å². The predicted molar refractivity (Wildman–Crippen MR) is 162 cm³/mol. The van der Waals surface area contributed by atoms with Crippen molar-refractivity contribution in [2.75, 3.05) is 49.5 Å². The molecule has 5 aromatic rings. The van der Waals surface area contributed by atoms with E-state index >= 15 is 0 Å². The Morgan fingerprint density at radius 3 is 0.947 bits per heavy atom. The molecule has 0 amide bonds. The summed E-state index contributed by atoms with van der Waals surface area (Å²) in [6.45, 7) is 0. The van der Waals surface area contributed by atoms with Gasteiger partial charge in [-0.2, -0.15) is 0 Å². The number of nitrogens with one attached hydrogen (secondary N) is 4. The van der Waals surface area contributed by atoms with Crippen LogP contribution in [0.3, 0.4) is 0 Å². The van der Waals surface area contributed by atoms with Crippen molar-refractivity contribution in [3.05, 3.63) is 97.1 Å². The van der Waals surface area contributed by atoms with E-state index in [1.54, 1.807) is 0 Å². The molecule has 0 aliphatic rings. The standard InChI is InChI=1S/C32H32N6/c1-33-25-15-23(16-26(19-25)34-2)31-29(21-11-7-5-8-12-21)38-32(30(37-31)22-13-9-6-10-14-22)24-17-27(35-3)20-28(18-24)36-4/h5-20,33-36H,1-4H3. The highest BCUT2D eigenvalue weighted by molar-refractivity contribution is 5.89. The largest absolute Gasteiger partial charge is 0.388 e. The molecule has 4 aromatic carbocycles. The molecule has 6 heteroatoms. The number of hydrogen-bond acceptors (Lipinski definition) is 6. The van der Waals surface area contributed by atoms with Gasteiger partial charge >= 0.3 is 0 Å². The summed E-state index contributed by atoms with van der Waals surface area (Å²) in [5, 5.41) is 13.1. The van der Waals surface area contributed by atoms with Gasteiger partial charge in [-0.3, -0.25) is 0 Å². The summed E-state index contributed by atoms with van der Waals surface area (Å²) in [4.78, 5) is 10.7. The molecule has 0 aliphatic carbocycles. The Kier molecular flexibility index (Phi) is 7.22. The van der Waals surface area contributed by atoms with E-state index in [9.17, 15) is 0 Å². The molecule has 0 atom stereocenters. The normalized spacial score (nSPS) is 10.6. The van der Waals surface area contributed by atoms with E-state index in [4.69, 9.17) is 9.97 Å². The summed E-state index contributed by atoms with van der Waals surface area (Å²) in [7, 11) is 7.70. The first-order valence-corrected chi connectivity index (χ1v) is 12.7. The monoisotopic (exact) mass is 500 g/mol. The van der Waals surface area contributed by atoms with Crippen molar-refractivity contribution < 1.29 is 0 Å². The highest BCUT2D eigenvalue weighted by atomic mass is 14.9. The van der Waals surface area contributed by atoms with Gasteiger partial charge in [0, 0.05) is 73.2 Å². The maximum absolute atomic E-state index is 5.37. The van der Waals surface area contributed by atoms with Crippen LogP contribution in [0, 0.1) is 0 Å². The number of hydrogen-bond donors (Lipinski definition) is 4. The zero-order valence-electron chi connectivity index (χ0n) is 22.1. The first-order valence-electron chi connectivity index (χ1n) is 12.7. The van der Waals surface area contributed by atoms with Crippen LogP contribution < -0.4 is 21.3 Å². The van der Waals surface area contributed by atoms with Crippen LogP contribution in [-0.4, -0.2) is 38.2 Å². The Morgan fingerprint density at radius 1 is 0.368 bits per heavy atom. The molecule has 1 aromatic heterocycles. The van der Waals surface area contributed by atoms with Gasteiger partial charge in [-0.15, -0.1) is 0 Å². The maximum atomic E-state index is 5.37. The Hall–Kier alpha value is -4.84. The number of aromatic nitrogens is 2. The quantitative estimate of drug-likeness (QED) is 0.179. The second kappa shape index (κ2) is 11.0. The predicted octanol–water partition coefficient (Wildman–Crippen LogP) is 7.31. The molecule has 0 unspecified atom stereocenters. The van der Waals surface area contributed by atoms with Crippen LogP contribution >= 0.6 is 0 Å². The van der Waals surface area contributed by atoms with Crippen LogP contribution in [-0.2, 0) is 0 Å². The smallest absolute Gasteiger partial charge is 0.0974 e. The molecule has 190 valence electrons. The van der Waals surface area contributed by atoms with Gasteiger partial charge in [0.15, 0.2) is 0 Å². The molecule has 4 N–H and O–H groups in total. The summed E-state index contributed by atoms with van der Waals surface area (Å²) >= 11 is 0. The Bertz CT molecular complexity index is 1380. The first kappa shape index (κ1) is 24.8. The SMILES string of the molecule is CNc1cc(NC)cc(-c2nc(-c3ccccc3)c(-c3cc(NC)cc(NC)c3)nc2-c2ccccc2)c1. The van der Waals surface area contributed by atoms with E-state index in [2.05, 4.69) is 81.9 Å². The molecule has 5 rings (SSSR count). The molecule has 0 spiro atoms. The average molecular weight is 501 g/mol. The van der Waals surface area contributed by atoms with Crippen LogP contribution in [0.1, 0.15) is 0 Å². The van der Waals surface area contributed by atoms with E-state index in [-0.39, 0.29) is 0 Å². The summed E-state index contributed by atoms with van der Waals surface area (Å²) in [5.41, 5.74) is 11.3. The molecule has 0 aliphatic heterocycles. The van der Waals surface area contributed by atoms with Crippen molar-refractivity contribution in [1.82, 2.24) is 9.97 Å². The van der Waals surface area contributed by atoms with Crippen molar-refractivity contribution in [1.29, 1.82) is 0 Å². The lowest BCUT2D eigenvalue weighted by molar-refractivity contribution is 1.21. The van der Waals surface area contributed by atoms with E-state index in [0.717, 1.165) is 67.8 Å². The van der Waals surface area contributed by atoms with Gasteiger partial charge in [0.2, 0.25) is 0 Å². The number of nitrogens with zero attached hydrogens (tertiary/aromatic N) is 2. The molecule has 0 saturated carbocycles. The van der Waals surface area contributed by atoms with Gasteiger partial charge in [0.25, 0.3) is 0 Å². The van der Waals surface area contributed by atoms with E-state index in [1.807, 2.05) is 64.6 Å². The van der Waals surface area contributed by atoms with E-state index in [1.165, 1.54) is 0 Å². The molecule has 0 radical (unpaired) electrons. The van der Waals surface area contributed by atoms with Crippen LogP contribution in [0.4, 0.5) is 22.7 Å². The summed E-state index contributed by atoms with van der Waals surface area (Å²) in [6, 6.07) is 33.2. The van der Waals surface area contributed by atoms with Crippen molar-refractivity contribution in [3.63, 3.8) is 0 Å². The third kappa shape index (κ3) is 5.02. The minimum absolute atomic E-state index is 0.825. The molecule has 0 fully saturated rings. The zero-order chi connectivity index (χ0) is 26.5. The van der Waals surface area contributed by atoms with Crippen molar-refractivity contribution in [3.8, 4) is 45.0 Å². The zero-order valence-corrected chi connectivity index (χ0v) is 22.1. The van der Waals surface area contributed by atoms with Gasteiger partial charge in [-0.1, -0.05) is 60.7 Å².